The van der Waals surface area contributed by atoms with E-state index < -0.39 is 0 Å². The number of halogens is 1. The van der Waals surface area contributed by atoms with Crippen molar-refractivity contribution < 1.29 is 9.59 Å². The highest BCUT2D eigenvalue weighted by molar-refractivity contribution is 6.30. The minimum absolute atomic E-state index is 0.0538. The maximum Gasteiger partial charge on any atom is 0.242 e. The van der Waals surface area contributed by atoms with Gasteiger partial charge in [0.05, 0.1) is 0 Å². The van der Waals surface area contributed by atoms with Crippen LogP contribution in [0.1, 0.15) is 10.4 Å². The molecule has 0 unspecified atom stereocenters. The van der Waals surface area contributed by atoms with Crippen molar-refractivity contribution >= 4 is 34.8 Å². The lowest BCUT2D eigenvalue weighted by Crippen LogP contribution is -2.26. The van der Waals surface area contributed by atoms with Crippen molar-refractivity contribution in [3.05, 3.63) is 29.0 Å². The Labute approximate surface area is 109 Å². The third-order valence-electron chi connectivity index (χ3n) is 2.66. The molecule has 0 aliphatic carbocycles. The molecular weight excluding hydrogens is 254 g/mol. The Kier molecular flexibility index (Phi) is 3.34. The molecule has 18 heavy (non-hydrogen) atoms. The second-order valence-corrected chi connectivity index (χ2v) is 4.51. The number of carbonyl (C=O) groups is 2. The third-order valence-corrected chi connectivity index (χ3v) is 2.86. The number of amides is 1. The largest absolute Gasteiger partial charge is 0.347 e. The fraction of sp³-hybridized carbons (Fsp3) is 0.250. The fourth-order valence-corrected chi connectivity index (χ4v) is 1.86. The number of hydrogen-bond acceptors (Lipinski definition) is 3. The van der Waals surface area contributed by atoms with Gasteiger partial charge in [0.25, 0.3) is 0 Å². The monoisotopic (exact) mass is 265 g/mol. The Morgan fingerprint density at radius 3 is 2.89 bits per heavy atom. The standard InChI is InChI=1S/C12H12ClN3O2/c1-15(2)11(18)6-16-4-3-9-8(7-17)5-10(13)14-12(9)16/h3-5,7H,6H2,1-2H3. The van der Waals surface area contributed by atoms with Gasteiger partial charge in [-0.25, -0.2) is 4.98 Å². The maximum absolute atomic E-state index is 11.7. The smallest absolute Gasteiger partial charge is 0.242 e. The van der Waals surface area contributed by atoms with Crippen LogP contribution in [0.3, 0.4) is 0 Å². The highest BCUT2D eigenvalue weighted by Gasteiger charge is 2.12. The zero-order chi connectivity index (χ0) is 13.3. The van der Waals surface area contributed by atoms with E-state index in [1.165, 1.54) is 11.0 Å². The van der Waals surface area contributed by atoms with Crippen LogP contribution in [0.15, 0.2) is 18.3 Å². The number of aromatic nitrogens is 2. The Balaban J connectivity index is 2.50. The lowest BCUT2D eigenvalue weighted by atomic mass is 10.2. The normalized spacial score (nSPS) is 10.6. The molecule has 2 aromatic rings. The van der Waals surface area contributed by atoms with Crippen LogP contribution in [-0.4, -0.2) is 40.7 Å². The molecular formula is C12H12ClN3O2. The summed E-state index contributed by atoms with van der Waals surface area (Å²) in [5, 5.41) is 0.933. The molecule has 2 heterocycles. The van der Waals surface area contributed by atoms with E-state index in [9.17, 15) is 9.59 Å². The first-order valence-electron chi connectivity index (χ1n) is 5.33. The number of pyridine rings is 1. The van der Waals surface area contributed by atoms with Gasteiger partial charge in [0.15, 0.2) is 6.29 Å². The van der Waals surface area contributed by atoms with E-state index in [0.29, 0.717) is 16.6 Å². The minimum Gasteiger partial charge on any atom is -0.347 e. The van der Waals surface area contributed by atoms with Crippen LogP contribution in [0, 0.1) is 0 Å². The Morgan fingerprint density at radius 1 is 1.56 bits per heavy atom. The van der Waals surface area contributed by atoms with Crippen molar-refractivity contribution in [3.8, 4) is 0 Å². The second kappa shape index (κ2) is 4.78. The predicted octanol–water partition coefficient (Wildman–Crippen LogP) is 1.59. The van der Waals surface area contributed by atoms with Crippen LogP contribution in [0.5, 0.6) is 0 Å². The van der Waals surface area contributed by atoms with E-state index >= 15 is 0 Å². The number of carbonyl (C=O) groups excluding carboxylic acids is 2. The molecule has 2 rings (SSSR count). The number of fused-ring (bicyclic) bond motifs is 1. The molecule has 0 spiro atoms. The maximum atomic E-state index is 11.7. The molecule has 0 fully saturated rings. The minimum atomic E-state index is -0.0538. The number of hydrogen-bond donors (Lipinski definition) is 0. The van der Waals surface area contributed by atoms with Crippen molar-refractivity contribution in [1.82, 2.24) is 14.5 Å². The van der Waals surface area contributed by atoms with Crippen LogP contribution in [-0.2, 0) is 11.3 Å². The van der Waals surface area contributed by atoms with Gasteiger partial charge in [0.2, 0.25) is 5.91 Å². The van der Waals surface area contributed by atoms with Gasteiger partial charge in [0, 0.05) is 31.2 Å². The molecule has 0 radical (unpaired) electrons. The van der Waals surface area contributed by atoms with Gasteiger partial charge in [-0.2, -0.15) is 0 Å². The molecule has 1 amide bonds. The lowest BCUT2D eigenvalue weighted by molar-refractivity contribution is -0.129. The van der Waals surface area contributed by atoms with Crippen LogP contribution < -0.4 is 0 Å². The molecule has 0 bridgehead atoms. The summed E-state index contributed by atoms with van der Waals surface area (Å²) in [5.74, 6) is -0.0538. The Hall–Kier alpha value is -1.88. The fourth-order valence-electron chi connectivity index (χ4n) is 1.67. The zero-order valence-corrected chi connectivity index (χ0v) is 10.8. The molecule has 0 N–H and O–H groups in total. The summed E-state index contributed by atoms with van der Waals surface area (Å²) in [5.41, 5.74) is 1.01. The quantitative estimate of drug-likeness (QED) is 0.626. The highest BCUT2D eigenvalue weighted by atomic mass is 35.5. The molecule has 94 valence electrons. The molecule has 0 aromatic carbocycles. The summed E-state index contributed by atoms with van der Waals surface area (Å²) in [6.45, 7) is 0.169. The zero-order valence-electron chi connectivity index (χ0n) is 10.1. The Morgan fingerprint density at radius 2 is 2.28 bits per heavy atom. The van der Waals surface area contributed by atoms with Crippen molar-refractivity contribution in [1.29, 1.82) is 0 Å². The van der Waals surface area contributed by atoms with Gasteiger partial charge in [-0.15, -0.1) is 0 Å². The number of aldehydes is 1. The highest BCUT2D eigenvalue weighted by Crippen LogP contribution is 2.21. The Bertz CT molecular complexity index is 619. The van der Waals surface area contributed by atoms with E-state index in [0.717, 1.165) is 6.29 Å². The molecule has 2 aromatic heterocycles. The first kappa shape index (κ1) is 12.6. The SMILES string of the molecule is CN(C)C(=O)Cn1ccc2c(C=O)cc(Cl)nc21. The summed E-state index contributed by atoms with van der Waals surface area (Å²) < 4.78 is 1.68. The predicted molar refractivity (Wildman–Crippen MR) is 68.8 cm³/mol. The summed E-state index contributed by atoms with van der Waals surface area (Å²) in [4.78, 5) is 28.3. The molecule has 0 saturated heterocycles. The topological polar surface area (TPSA) is 55.2 Å². The van der Waals surface area contributed by atoms with Gasteiger partial charge < -0.3 is 9.47 Å². The van der Waals surface area contributed by atoms with Crippen molar-refractivity contribution in [2.75, 3.05) is 14.1 Å². The van der Waals surface area contributed by atoms with Gasteiger partial charge in [0.1, 0.15) is 17.3 Å². The number of rotatable bonds is 3. The van der Waals surface area contributed by atoms with Crippen molar-refractivity contribution in [3.63, 3.8) is 0 Å². The second-order valence-electron chi connectivity index (χ2n) is 4.12. The van der Waals surface area contributed by atoms with Gasteiger partial charge in [-0.05, 0) is 12.1 Å². The molecule has 6 heteroatoms. The molecule has 5 nitrogen and oxygen atoms in total. The van der Waals surface area contributed by atoms with E-state index in [1.807, 2.05) is 0 Å². The summed E-state index contributed by atoms with van der Waals surface area (Å²) >= 11 is 5.85. The first-order valence-corrected chi connectivity index (χ1v) is 5.71. The van der Waals surface area contributed by atoms with Gasteiger partial charge in [-0.3, -0.25) is 9.59 Å². The van der Waals surface area contributed by atoms with E-state index in [2.05, 4.69) is 4.98 Å². The number of nitrogens with zero attached hydrogens (tertiary/aromatic N) is 3. The average Bonchev–Trinajstić information content (AvgIpc) is 2.71. The van der Waals surface area contributed by atoms with Gasteiger partial charge >= 0.3 is 0 Å². The van der Waals surface area contributed by atoms with E-state index in [-0.39, 0.29) is 17.6 Å². The summed E-state index contributed by atoms with van der Waals surface area (Å²) in [6.07, 6.45) is 2.45. The lowest BCUT2D eigenvalue weighted by Gasteiger charge is -2.11. The average molecular weight is 266 g/mol. The van der Waals surface area contributed by atoms with E-state index in [4.69, 9.17) is 11.6 Å². The van der Waals surface area contributed by atoms with E-state index in [1.54, 1.807) is 30.9 Å². The van der Waals surface area contributed by atoms with Crippen LogP contribution in [0.2, 0.25) is 5.15 Å². The molecule has 0 saturated carbocycles. The summed E-state index contributed by atoms with van der Waals surface area (Å²) in [7, 11) is 3.37. The van der Waals surface area contributed by atoms with Crippen LogP contribution in [0.25, 0.3) is 11.0 Å². The van der Waals surface area contributed by atoms with Crippen LogP contribution in [0.4, 0.5) is 0 Å². The molecule has 0 atom stereocenters. The molecule has 0 aliphatic heterocycles. The number of likely N-dealkylation sites (N-methyl/N-ethyl adjacent to an activating group) is 1. The summed E-state index contributed by atoms with van der Waals surface area (Å²) in [6, 6.07) is 3.26. The van der Waals surface area contributed by atoms with Gasteiger partial charge in [-0.1, -0.05) is 11.6 Å². The third kappa shape index (κ3) is 2.22. The first-order chi connectivity index (χ1) is 8.52. The van der Waals surface area contributed by atoms with Crippen LogP contribution >= 0.6 is 11.6 Å². The van der Waals surface area contributed by atoms with Crippen molar-refractivity contribution in [2.24, 2.45) is 0 Å². The molecule has 0 aliphatic rings. The van der Waals surface area contributed by atoms with Crippen molar-refractivity contribution in [2.45, 2.75) is 6.54 Å².